The van der Waals surface area contributed by atoms with Gasteiger partial charge in [0.2, 0.25) is 0 Å². The molecular formula is C22H22F3N3O2. The summed E-state index contributed by atoms with van der Waals surface area (Å²) in [4.78, 5) is 18.8. The fraction of sp³-hybridized carbons (Fsp3) is 0.273. The first-order chi connectivity index (χ1) is 14.3. The molecule has 0 fully saturated rings. The maximum absolute atomic E-state index is 13.3. The number of nitrogens with zero attached hydrogens (tertiary/aromatic N) is 3. The van der Waals surface area contributed by atoms with E-state index < -0.39 is 11.7 Å². The minimum absolute atomic E-state index is 0.00984. The fourth-order valence-electron chi connectivity index (χ4n) is 3.19. The van der Waals surface area contributed by atoms with Crippen molar-refractivity contribution in [2.45, 2.75) is 26.2 Å². The quantitative estimate of drug-likeness (QED) is 0.564. The summed E-state index contributed by atoms with van der Waals surface area (Å²) in [5.41, 5.74) is -0.0624. The van der Waals surface area contributed by atoms with Gasteiger partial charge in [0.05, 0.1) is 19.2 Å². The second-order valence-corrected chi connectivity index (χ2v) is 6.68. The zero-order chi connectivity index (χ0) is 21.7. The van der Waals surface area contributed by atoms with E-state index in [1.165, 1.54) is 25.4 Å². The summed E-state index contributed by atoms with van der Waals surface area (Å²) in [6.07, 6.45) is -1.29. The SMILES string of the molecule is CCN(Cc1nccn1Cc1ccccc1C(F)(F)F)C(=O)c1cccc(OC)c1. The fourth-order valence-corrected chi connectivity index (χ4v) is 3.19. The molecule has 5 nitrogen and oxygen atoms in total. The largest absolute Gasteiger partial charge is 0.497 e. The molecule has 0 aliphatic heterocycles. The number of hydrogen-bond acceptors (Lipinski definition) is 3. The van der Waals surface area contributed by atoms with Crippen molar-refractivity contribution in [2.75, 3.05) is 13.7 Å². The number of carbonyl (C=O) groups excluding carboxylic acids is 1. The van der Waals surface area contributed by atoms with Crippen molar-refractivity contribution in [1.82, 2.24) is 14.5 Å². The van der Waals surface area contributed by atoms with Gasteiger partial charge in [-0.25, -0.2) is 4.98 Å². The molecule has 0 saturated carbocycles. The predicted octanol–water partition coefficient (Wildman–Crippen LogP) is 4.62. The Hall–Kier alpha value is -3.29. The Bertz CT molecular complexity index is 1010. The van der Waals surface area contributed by atoms with E-state index in [0.29, 0.717) is 23.7 Å². The number of carbonyl (C=O) groups is 1. The van der Waals surface area contributed by atoms with E-state index in [1.807, 2.05) is 6.92 Å². The van der Waals surface area contributed by atoms with Gasteiger partial charge in [-0.1, -0.05) is 24.3 Å². The van der Waals surface area contributed by atoms with Gasteiger partial charge in [-0.2, -0.15) is 13.2 Å². The molecule has 0 spiro atoms. The van der Waals surface area contributed by atoms with Crippen LogP contribution in [0.1, 0.15) is 34.2 Å². The van der Waals surface area contributed by atoms with E-state index in [1.54, 1.807) is 46.0 Å². The maximum Gasteiger partial charge on any atom is 0.416 e. The van der Waals surface area contributed by atoms with Gasteiger partial charge in [0, 0.05) is 31.0 Å². The molecule has 0 atom stereocenters. The van der Waals surface area contributed by atoms with Crippen molar-refractivity contribution >= 4 is 5.91 Å². The Labute approximate surface area is 172 Å². The molecule has 1 aromatic heterocycles. The topological polar surface area (TPSA) is 47.4 Å². The molecule has 2 aromatic carbocycles. The number of hydrogen-bond donors (Lipinski definition) is 0. The van der Waals surface area contributed by atoms with E-state index in [9.17, 15) is 18.0 Å². The molecule has 0 N–H and O–H groups in total. The van der Waals surface area contributed by atoms with Gasteiger partial charge in [-0.15, -0.1) is 0 Å². The number of amides is 1. The monoisotopic (exact) mass is 417 g/mol. The normalized spacial score (nSPS) is 11.4. The van der Waals surface area contributed by atoms with Crippen LogP contribution in [-0.2, 0) is 19.3 Å². The second-order valence-electron chi connectivity index (χ2n) is 6.68. The molecule has 0 bridgehead atoms. The summed E-state index contributed by atoms with van der Waals surface area (Å²) in [7, 11) is 1.52. The molecule has 0 aliphatic carbocycles. The van der Waals surface area contributed by atoms with Crippen LogP contribution in [0.25, 0.3) is 0 Å². The highest BCUT2D eigenvalue weighted by Gasteiger charge is 2.33. The van der Waals surface area contributed by atoms with Crippen LogP contribution in [0, 0.1) is 0 Å². The predicted molar refractivity (Wildman–Crippen MR) is 106 cm³/mol. The van der Waals surface area contributed by atoms with Gasteiger partial charge < -0.3 is 14.2 Å². The summed E-state index contributed by atoms with van der Waals surface area (Å²) in [5.74, 6) is 0.869. The summed E-state index contributed by atoms with van der Waals surface area (Å²) in [6.45, 7) is 2.44. The van der Waals surface area contributed by atoms with Crippen LogP contribution in [0.5, 0.6) is 5.75 Å². The van der Waals surface area contributed by atoms with E-state index in [-0.39, 0.29) is 24.6 Å². The molecule has 0 aliphatic rings. The van der Waals surface area contributed by atoms with E-state index in [2.05, 4.69) is 4.98 Å². The molecule has 0 unspecified atom stereocenters. The van der Waals surface area contributed by atoms with Crippen molar-refractivity contribution < 1.29 is 22.7 Å². The molecule has 158 valence electrons. The number of methoxy groups -OCH3 is 1. The van der Waals surface area contributed by atoms with E-state index >= 15 is 0 Å². The summed E-state index contributed by atoms with van der Waals surface area (Å²) < 4.78 is 46.7. The Balaban J connectivity index is 1.82. The van der Waals surface area contributed by atoms with Gasteiger partial charge in [0.1, 0.15) is 11.6 Å². The molecule has 0 saturated heterocycles. The van der Waals surface area contributed by atoms with Crippen molar-refractivity contribution in [3.8, 4) is 5.75 Å². The molecule has 30 heavy (non-hydrogen) atoms. The minimum atomic E-state index is -4.44. The van der Waals surface area contributed by atoms with Crippen LogP contribution in [-0.4, -0.2) is 34.0 Å². The highest BCUT2D eigenvalue weighted by Crippen LogP contribution is 2.32. The Morgan fingerprint density at radius 1 is 1.17 bits per heavy atom. The molecule has 8 heteroatoms. The van der Waals surface area contributed by atoms with Crippen LogP contribution in [0.4, 0.5) is 13.2 Å². The zero-order valence-corrected chi connectivity index (χ0v) is 16.7. The molecule has 3 aromatic rings. The number of benzene rings is 2. The molecule has 3 rings (SSSR count). The number of aromatic nitrogens is 2. The smallest absolute Gasteiger partial charge is 0.416 e. The lowest BCUT2D eigenvalue weighted by Gasteiger charge is -2.22. The lowest BCUT2D eigenvalue weighted by molar-refractivity contribution is -0.138. The van der Waals surface area contributed by atoms with Crippen LogP contribution >= 0.6 is 0 Å². The van der Waals surface area contributed by atoms with Gasteiger partial charge in [-0.3, -0.25) is 4.79 Å². The molecule has 0 radical (unpaired) electrons. The third-order valence-electron chi connectivity index (χ3n) is 4.78. The van der Waals surface area contributed by atoms with Crippen molar-refractivity contribution in [3.63, 3.8) is 0 Å². The standard InChI is InChI=1S/C22H22F3N3O2/c1-3-27(21(29)16-8-6-9-18(13-16)30-2)15-20-26-11-12-28(20)14-17-7-4-5-10-19(17)22(23,24)25/h4-13H,3,14-15H2,1-2H3. The number of imidazole rings is 1. The Morgan fingerprint density at radius 2 is 1.93 bits per heavy atom. The number of halogens is 3. The van der Waals surface area contributed by atoms with Gasteiger partial charge >= 0.3 is 6.18 Å². The molecule has 1 amide bonds. The zero-order valence-electron chi connectivity index (χ0n) is 16.7. The maximum atomic E-state index is 13.3. The number of alkyl halides is 3. The summed E-state index contributed by atoms with van der Waals surface area (Å²) in [5, 5.41) is 0. The second kappa shape index (κ2) is 9.02. The van der Waals surface area contributed by atoms with Crippen molar-refractivity contribution in [3.05, 3.63) is 83.4 Å². The first-order valence-corrected chi connectivity index (χ1v) is 9.42. The van der Waals surface area contributed by atoms with Crippen LogP contribution < -0.4 is 4.74 Å². The summed E-state index contributed by atoms with van der Waals surface area (Å²) in [6, 6.07) is 12.3. The summed E-state index contributed by atoms with van der Waals surface area (Å²) >= 11 is 0. The first kappa shape index (κ1) is 21.4. The van der Waals surface area contributed by atoms with Gasteiger partial charge in [0.25, 0.3) is 5.91 Å². The van der Waals surface area contributed by atoms with Crippen molar-refractivity contribution in [2.24, 2.45) is 0 Å². The van der Waals surface area contributed by atoms with E-state index in [0.717, 1.165) is 6.07 Å². The molecular weight excluding hydrogens is 395 g/mol. The molecule has 1 heterocycles. The lowest BCUT2D eigenvalue weighted by Crippen LogP contribution is -2.31. The third kappa shape index (κ3) is 4.82. The van der Waals surface area contributed by atoms with E-state index in [4.69, 9.17) is 4.74 Å². The van der Waals surface area contributed by atoms with Gasteiger partial charge in [-0.05, 0) is 36.8 Å². The average molecular weight is 417 g/mol. The average Bonchev–Trinajstić information content (AvgIpc) is 3.17. The van der Waals surface area contributed by atoms with Crippen molar-refractivity contribution in [1.29, 1.82) is 0 Å². The number of rotatable bonds is 7. The van der Waals surface area contributed by atoms with Crippen LogP contribution in [0.3, 0.4) is 0 Å². The minimum Gasteiger partial charge on any atom is -0.497 e. The number of ether oxygens (including phenoxy) is 1. The Morgan fingerprint density at radius 3 is 2.63 bits per heavy atom. The van der Waals surface area contributed by atoms with Crippen LogP contribution in [0.15, 0.2) is 60.9 Å². The Kier molecular flexibility index (Phi) is 6.44. The highest BCUT2D eigenvalue weighted by molar-refractivity contribution is 5.94. The van der Waals surface area contributed by atoms with Crippen LogP contribution in [0.2, 0.25) is 0 Å². The van der Waals surface area contributed by atoms with Gasteiger partial charge in [0.15, 0.2) is 0 Å². The lowest BCUT2D eigenvalue weighted by atomic mass is 10.1. The first-order valence-electron chi connectivity index (χ1n) is 9.42. The highest BCUT2D eigenvalue weighted by atomic mass is 19.4. The third-order valence-corrected chi connectivity index (χ3v) is 4.78.